The molecule has 0 fully saturated rings. The monoisotopic (exact) mass is 281 g/mol. The number of para-hydroxylation sites is 1. The molecule has 0 N–H and O–H groups in total. The van der Waals surface area contributed by atoms with Crippen LogP contribution in [0.4, 0.5) is 5.69 Å². The molecule has 0 heterocycles. The third-order valence-corrected chi connectivity index (χ3v) is 3.09. The maximum Gasteiger partial charge on any atom is 0.353 e. The molecule has 0 radical (unpaired) electrons. The van der Waals surface area contributed by atoms with Gasteiger partial charge in [0.05, 0.1) is 26.3 Å². The fourth-order valence-electron chi connectivity index (χ4n) is 1.35. The zero-order valence-electron chi connectivity index (χ0n) is 11.0. The van der Waals surface area contributed by atoms with Crippen LogP contribution >= 0.6 is 11.8 Å². The molecule has 5 nitrogen and oxygen atoms in total. The van der Waals surface area contributed by atoms with Crippen LogP contribution in [0.5, 0.6) is 0 Å². The van der Waals surface area contributed by atoms with Gasteiger partial charge in [-0.1, -0.05) is 12.1 Å². The van der Waals surface area contributed by atoms with E-state index in [-0.39, 0.29) is 12.1 Å². The number of esters is 2. The Morgan fingerprint density at radius 3 is 2.47 bits per heavy atom. The van der Waals surface area contributed by atoms with E-state index < -0.39 is 11.9 Å². The van der Waals surface area contributed by atoms with Crippen LogP contribution in [0.2, 0.25) is 0 Å². The van der Waals surface area contributed by atoms with E-state index in [1.807, 2.05) is 24.5 Å². The summed E-state index contributed by atoms with van der Waals surface area (Å²) in [6.07, 6.45) is 1.69. The lowest BCUT2D eigenvalue weighted by atomic mass is 10.2. The molecule has 1 rings (SSSR count). The summed E-state index contributed by atoms with van der Waals surface area (Å²) in [5.74, 6) is -1.17. The van der Waals surface area contributed by atoms with Gasteiger partial charge >= 0.3 is 11.9 Å². The molecule has 0 bridgehead atoms. The summed E-state index contributed by atoms with van der Waals surface area (Å²) in [6, 6.07) is 7.34. The van der Waals surface area contributed by atoms with E-state index in [1.54, 1.807) is 6.07 Å². The molecule has 6 heteroatoms. The van der Waals surface area contributed by atoms with Gasteiger partial charge in [-0.3, -0.25) is 4.79 Å². The van der Waals surface area contributed by atoms with Gasteiger partial charge < -0.3 is 9.47 Å². The molecule has 0 atom stereocenters. The SMILES string of the molecule is COC(=O)CC(=Nc1ccccc1SC)C(=O)OC. The Bertz CT molecular complexity index is 499. The van der Waals surface area contributed by atoms with Crippen molar-refractivity contribution < 1.29 is 19.1 Å². The van der Waals surface area contributed by atoms with Crippen molar-refractivity contribution >= 4 is 35.1 Å². The third-order valence-electron chi connectivity index (χ3n) is 2.30. The van der Waals surface area contributed by atoms with Gasteiger partial charge in [0.2, 0.25) is 0 Å². The van der Waals surface area contributed by atoms with Gasteiger partial charge in [0.15, 0.2) is 0 Å². The summed E-state index contributed by atoms with van der Waals surface area (Å²) >= 11 is 1.51. The first kappa shape index (κ1) is 15.2. The molecular weight excluding hydrogens is 266 g/mol. The minimum Gasteiger partial charge on any atom is -0.469 e. The zero-order valence-corrected chi connectivity index (χ0v) is 11.8. The van der Waals surface area contributed by atoms with Crippen LogP contribution in [-0.2, 0) is 19.1 Å². The van der Waals surface area contributed by atoms with Crippen LogP contribution in [0, 0.1) is 0 Å². The smallest absolute Gasteiger partial charge is 0.353 e. The van der Waals surface area contributed by atoms with E-state index in [0.717, 1.165) is 4.90 Å². The lowest BCUT2D eigenvalue weighted by molar-refractivity contribution is -0.140. The molecule has 0 saturated carbocycles. The molecule has 0 aliphatic heterocycles. The molecule has 102 valence electrons. The van der Waals surface area contributed by atoms with Crippen LogP contribution in [0.3, 0.4) is 0 Å². The van der Waals surface area contributed by atoms with Crippen LogP contribution in [-0.4, -0.2) is 38.1 Å². The number of rotatable bonds is 5. The van der Waals surface area contributed by atoms with E-state index in [0.29, 0.717) is 5.69 Å². The minimum atomic E-state index is -0.638. The fourth-order valence-corrected chi connectivity index (χ4v) is 1.89. The number of aliphatic imine (C=N–C) groups is 1. The van der Waals surface area contributed by atoms with Gasteiger partial charge in [-0.25, -0.2) is 9.79 Å². The number of hydrogen-bond acceptors (Lipinski definition) is 6. The Morgan fingerprint density at radius 2 is 1.89 bits per heavy atom. The highest BCUT2D eigenvalue weighted by Crippen LogP contribution is 2.27. The Kier molecular flexibility index (Phi) is 6.08. The third kappa shape index (κ3) is 4.40. The summed E-state index contributed by atoms with van der Waals surface area (Å²) in [5, 5.41) is 0. The van der Waals surface area contributed by atoms with Crippen molar-refractivity contribution in [2.75, 3.05) is 20.5 Å². The van der Waals surface area contributed by atoms with Gasteiger partial charge in [0.1, 0.15) is 5.71 Å². The lowest BCUT2D eigenvalue weighted by Crippen LogP contribution is -2.20. The van der Waals surface area contributed by atoms with E-state index in [9.17, 15) is 9.59 Å². The number of methoxy groups -OCH3 is 2. The topological polar surface area (TPSA) is 65.0 Å². The van der Waals surface area contributed by atoms with E-state index in [4.69, 9.17) is 0 Å². The number of benzene rings is 1. The summed E-state index contributed by atoms with van der Waals surface area (Å²) in [4.78, 5) is 28.0. The van der Waals surface area contributed by atoms with Gasteiger partial charge in [-0.2, -0.15) is 0 Å². The van der Waals surface area contributed by atoms with Crippen molar-refractivity contribution in [1.82, 2.24) is 0 Å². The molecule has 0 aliphatic carbocycles. The predicted octanol–water partition coefficient (Wildman–Crippen LogP) is 2.22. The summed E-state index contributed by atoms with van der Waals surface area (Å²) in [7, 11) is 2.50. The van der Waals surface area contributed by atoms with Gasteiger partial charge in [0, 0.05) is 4.90 Å². The molecule has 0 aromatic heterocycles. The average Bonchev–Trinajstić information content (AvgIpc) is 2.45. The minimum absolute atomic E-state index is 0.0239. The van der Waals surface area contributed by atoms with E-state index in [1.165, 1.54) is 26.0 Å². The van der Waals surface area contributed by atoms with Crippen molar-refractivity contribution in [3.8, 4) is 0 Å². The Balaban J connectivity index is 3.11. The maximum absolute atomic E-state index is 11.6. The highest BCUT2D eigenvalue weighted by atomic mass is 32.2. The van der Waals surface area contributed by atoms with E-state index in [2.05, 4.69) is 14.5 Å². The Labute approximate surface area is 116 Å². The molecule has 0 unspecified atom stereocenters. The van der Waals surface area contributed by atoms with Crippen molar-refractivity contribution in [2.24, 2.45) is 4.99 Å². The average molecular weight is 281 g/mol. The van der Waals surface area contributed by atoms with Crippen molar-refractivity contribution in [3.05, 3.63) is 24.3 Å². The summed E-state index contributed by atoms with van der Waals surface area (Å²) in [5.41, 5.74) is 0.648. The standard InChI is InChI=1S/C13H15NO4S/c1-17-12(15)8-10(13(16)18-2)14-9-6-4-5-7-11(9)19-3/h4-7H,8H2,1-3H3. The number of carbonyl (C=O) groups excluding carboxylic acids is 2. The second kappa shape index (κ2) is 7.58. The molecule has 0 saturated heterocycles. The second-order valence-electron chi connectivity index (χ2n) is 3.47. The normalized spacial score (nSPS) is 11.0. The largest absolute Gasteiger partial charge is 0.469 e. The highest BCUT2D eigenvalue weighted by Gasteiger charge is 2.17. The molecule has 0 aliphatic rings. The van der Waals surface area contributed by atoms with Gasteiger partial charge in [0.25, 0.3) is 0 Å². The fraction of sp³-hybridized carbons (Fsp3) is 0.308. The second-order valence-corrected chi connectivity index (χ2v) is 4.32. The van der Waals surface area contributed by atoms with Crippen molar-refractivity contribution in [1.29, 1.82) is 0 Å². The predicted molar refractivity (Wildman–Crippen MR) is 74.0 cm³/mol. The van der Waals surface area contributed by atoms with Crippen LogP contribution in [0.25, 0.3) is 0 Å². The van der Waals surface area contributed by atoms with Gasteiger partial charge in [-0.15, -0.1) is 11.8 Å². The highest BCUT2D eigenvalue weighted by molar-refractivity contribution is 7.98. The Hall–Kier alpha value is -1.82. The first-order valence-corrected chi connectivity index (χ1v) is 6.70. The zero-order chi connectivity index (χ0) is 14.3. The molecule has 1 aromatic carbocycles. The van der Waals surface area contributed by atoms with Crippen LogP contribution < -0.4 is 0 Å². The number of ether oxygens (including phenoxy) is 2. The lowest BCUT2D eigenvalue weighted by Gasteiger charge is -2.06. The summed E-state index contributed by atoms with van der Waals surface area (Å²) in [6.45, 7) is 0. The molecule has 0 spiro atoms. The number of hydrogen-bond donors (Lipinski definition) is 0. The first-order chi connectivity index (χ1) is 9.12. The number of nitrogens with zero attached hydrogens (tertiary/aromatic N) is 1. The molecule has 19 heavy (non-hydrogen) atoms. The van der Waals surface area contributed by atoms with Crippen molar-refractivity contribution in [3.63, 3.8) is 0 Å². The molecule has 1 aromatic rings. The molecule has 0 amide bonds. The van der Waals surface area contributed by atoms with E-state index >= 15 is 0 Å². The van der Waals surface area contributed by atoms with Crippen LogP contribution in [0.1, 0.15) is 6.42 Å². The van der Waals surface area contributed by atoms with Crippen molar-refractivity contribution in [2.45, 2.75) is 11.3 Å². The number of carbonyl (C=O) groups is 2. The quantitative estimate of drug-likeness (QED) is 0.470. The molecular formula is C13H15NO4S. The maximum atomic E-state index is 11.6. The van der Waals surface area contributed by atoms with Gasteiger partial charge in [-0.05, 0) is 18.4 Å². The van der Waals surface area contributed by atoms with Crippen LogP contribution in [0.15, 0.2) is 34.2 Å². The first-order valence-electron chi connectivity index (χ1n) is 5.48. The summed E-state index contributed by atoms with van der Waals surface area (Å²) < 4.78 is 9.16. The Morgan fingerprint density at radius 1 is 1.21 bits per heavy atom. The number of thioether (sulfide) groups is 1.